The van der Waals surface area contributed by atoms with Crippen molar-refractivity contribution < 1.29 is 22.3 Å². The fourth-order valence-electron chi connectivity index (χ4n) is 3.01. The fourth-order valence-corrected chi connectivity index (χ4v) is 3.48. The Labute approximate surface area is 165 Å². The molecule has 1 aliphatic heterocycles. The molecule has 0 fully saturated rings. The summed E-state index contributed by atoms with van der Waals surface area (Å²) in [5.41, 5.74) is 0.928. The molecule has 1 aromatic rings. The van der Waals surface area contributed by atoms with Gasteiger partial charge in [0, 0.05) is 6.42 Å². The lowest BCUT2D eigenvalue weighted by atomic mass is 10.1. The molecule has 27 heavy (non-hydrogen) atoms. The lowest BCUT2D eigenvalue weighted by Crippen LogP contribution is -2.21. The lowest BCUT2D eigenvalue weighted by Gasteiger charge is -2.05. The Bertz CT molecular complexity index is 681. The smallest absolute Gasteiger partial charge is 0.336 e. The third-order valence-corrected chi connectivity index (χ3v) is 5.76. The number of ether oxygens (including phenoxy) is 1. The molecule has 1 heterocycles. The van der Waals surface area contributed by atoms with Gasteiger partial charge in [-0.2, -0.15) is 4.58 Å². The molecule has 6 heteroatoms. The van der Waals surface area contributed by atoms with Crippen molar-refractivity contribution in [2.75, 3.05) is 13.7 Å². The summed E-state index contributed by atoms with van der Waals surface area (Å²) >= 11 is 0. The van der Waals surface area contributed by atoms with E-state index < -0.39 is 10.1 Å². The Balaban J connectivity index is 0.000000289. The quantitative estimate of drug-likeness (QED) is 0.350. The molecule has 0 saturated heterocycles. The summed E-state index contributed by atoms with van der Waals surface area (Å²) in [6.07, 6.45) is 10.5. The molecule has 1 aromatic carbocycles. The Hall–Kier alpha value is -1.40. The Morgan fingerprint density at radius 1 is 1.07 bits per heavy atom. The molecule has 0 saturated carbocycles. The van der Waals surface area contributed by atoms with Crippen LogP contribution in [0.15, 0.2) is 29.2 Å². The van der Waals surface area contributed by atoms with E-state index in [-0.39, 0.29) is 4.90 Å². The summed E-state index contributed by atoms with van der Waals surface area (Å²) in [5.74, 6) is 1.22. The summed E-state index contributed by atoms with van der Waals surface area (Å²) in [6, 6.07) is 6.40. The molecule has 2 rings (SSSR count). The number of hydrogen-bond acceptors (Lipinski definition) is 4. The Morgan fingerprint density at radius 3 is 2.19 bits per heavy atom. The van der Waals surface area contributed by atoms with Gasteiger partial charge in [0.2, 0.25) is 0 Å². The van der Waals surface area contributed by atoms with E-state index in [0.717, 1.165) is 18.6 Å². The van der Waals surface area contributed by atoms with Gasteiger partial charge >= 0.3 is 5.90 Å². The first kappa shape index (κ1) is 23.6. The average molecular weight is 398 g/mol. The molecule has 0 bridgehead atoms. The van der Waals surface area contributed by atoms with Gasteiger partial charge in [-0.1, -0.05) is 63.6 Å². The topological polar surface area (TPSA) is 69.4 Å². The van der Waals surface area contributed by atoms with Gasteiger partial charge in [-0.3, -0.25) is 0 Å². The molecule has 5 nitrogen and oxygen atoms in total. The predicted octanol–water partition coefficient (Wildman–Crippen LogP) is 4.49. The van der Waals surface area contributed by atoms with Crippen LogP contribution in [0.2, 0.25) is 0 Å². The summed E-state index contributed by atoms with van der Waals surface area (Å²) in [4.78, 5) is -0.178. The summed E-state index contributed by atoms with van der Waals surface area (Å²) in [7, 11) is -2.10. The highest BCUT2D eigenvalue weighted by molar-refractivity contribution is 7.85. The lowest BCUT2D eigenvalue weighted by molar-refractivity contribution is -0.528. The van der Waals surface area contributed by atoms with Crippen molar-refractivity contribution in [1.82, 2.24) is 0 Å². The predicted molar refractivity (Wildman–Crippen MR) is 108 cm³/mol. The Kier molecular flexibility index (Phi) is 10.6. The normalized spacial score (nSPS) is 16.7. The van der Waals surface area contributed by atoms with Gasteiger partial charge in [-0.15, -0.1) is 0 Å². The van der Waals surface area contributed by atoms with Crippen LogP contribution in [-0.2, 0) is 14.9 Å². The highest BCUT2D eigenvalue weighted by atomic mass is 32.2. The first-order valence-corrected chi connectivity index (χ1v) is 11.4. The number of likely N-dealkylation sites (N-methyl/N-ethyl adjacent to an activating group) is 1. The van der Waals surface area contributed by atoms with E-state index in [1.54, 1.807) is 12.1 Å². The zero-order valence-electron chi connectivity index (χ0n) is 17.2. The van der Waals surface area contributed by atoms with Crippen molar-refractivity contribution in [3.8, 4) is 0 Å². The number of unbranched alkanes of at least 4 members (excludes halogenated alkanes) is 5. The standard InChI is InChI=1S/C14H28NO.C7H8O3S/c1-4-6-7-8-9-10-11-14-15(3)13(5-2)12-16-14;1-6-2-4-7(5-3-6)11(8,9)10/h13H,4-12H2,1-3H3;2-5H,1H3,(H,8,9,10)/q+1;/p-1. The van der Waals surface area contributed by atoms with Crippen LogP contribution >= 0.6 is 0 Å². The second-order valence-electron chi connectivity index (χ2n) is 7.16. The van der Waals surface area contributed by atoms with E-state index in [4.69, 9.17) is 4.74 Å². The van der Waals surface area contributed by atoms with E-state index in [9.17, 15) is 13.0 Å². The summed E-state index contributed by atoms with van der Waals surface area (Å²) < 4.78 is 39.2. The maximum Gasteiger partial charge on any atom is 0.336 e. The molecular weight excluding hydrogens is 362 g/mol. The van der Waals surface area contributed by atoms with Crippen LogP contribution < -0.4 is 0 Å². The molecule has 0 aliphatic carbocycles. The third kappa shape index (κ3) is 8.89. The zero-order chi connectivity index (χ0) is 20.3. The zero-order valence-corrected chi connectivity index (χ0v) is 18.1. The van der Waals surface area contributed by atoms with Crippen LogP contribution in [0.3, 0.4) is 0 Å². The van der Waals surface area contributed by atoms with Gasteiger partial charge in [0.1, 0.15) is 17.2 Å². The van der Waals surface area contributed by atoms with Gasteiger partial charge in [0.15, 0.2) is 12.6 Å². The Morgan fingerprint density at radius 2 is 1.67 bits per heavy atom. The number of aryl methyl sites for hydroxylation is 1. The highest BCUT2D eigenvalue weighted by Crippen LogP contribution is 2.13. The SMILES string of the molecule is CCCCCCCCC1=[N+](C)C(CC)CO1.Cc1ccc(S(=O)(=O)[O-])cc1. The van der Waals surface area contributed by atoms with E-state index >= 15 is 0 Å². The highest BCUT2D eigenvalue weighted by Gasteiger charge is 2.29. The van der Waals surface area contributed by atoms with Gasteiger partial charge in [0.05, 0.1) is 11.3 Å². The minimum Gasteiger partial charge on any atom is -0.744 e. The van der Waals surface area contributed by atoms with Gasteiger partial charge in [-0.25, -0.2) is 8.42 Å². The van der Waals surface area contributed by atoms with Crippen LogP contribution in [-0.4, -0.2) is 43.1 Å². The largest absolute Gasteiger partial charge is 0.744 e. The van der Waals surface area contributed by atoms with Gasteiger partial charge < -0.3 is 9.29 Å². The molecule has 0 aromatic heterocycles. The van der Waals surface area contributed by atoms with E-state index in [0.29, 0.717) is 6.04 Å². The number of nitrogens with zero attached hydrogens (tertiary/aromatic N) is 1. The van der Waals surface area contributed by atoms with Crippen LogP contribution in [0.4, 0.5) is 0 Å². The maximum atomic E-state index is 10.4. The number of hydrogen-bond donors (Lipinski definition) is 0. The van der Waals surface area contributed by atoms with Gasteiger partial charge in [-0.05, 0) is 25.5 Å². The van der Waals surface area contributed by atoms with E-state index in [1.807, 2.05) is 6.92 Å². The van der Waals surface area contributed by atoms with E-state index in [1.165, 1.54) is 63.0 Å². The molecular formula is C21H35NO4S. The number of rotatable bonds is 9. The minimum atomic E-state index is -4.27. The molecule has 1 unspecified atom stereocenters. The van der Waals surface area contributed by atoms with Gasteiger partial charge in [0.25, 0.3) is 0 Å². The first-order valence-electron chi connectivity index (χ1n) is 10.0. The molecule has 0 radical (unpaired) electrons. The van der Waals surface area contributed by atoms with Crippen molar-refractivity contribution in [3.05, 3.63) is 29.8 Å². The number of benzene rings is 1. The van der Waals surface area contributed by atoms with Crippen LogP contribution in [0.25, 0.3) is 0 Å². The monoisotopic (exact) mass is 397 g/mol. The maximum absolute atomic E-state index is 10.4. The molecule has 0 spiro atoms. The third-order valence-electron chi connectivity index (χ3n) is 4.91. The van der Waals surface area contributed by atoms with Crippen LogP contribution in [0.1, 0.15) is 70.8 Å². The molecule has 0 N–H and O–H groups in total. The first-order chi connectivity index (χ1) is 12.8. The summed E-state index contributed by atoms with van der Waals surface area (Å²) in [5, 5.41) is 0. The van der Waals surface area contributed by atoms with Crippen molar-refractivity contribution in [3.63, 3.8) is 0 Å². The summed E-state index contributed by atoms with van der Waals surface area (Å²) in [6.45, 7) is 7.22. The van der Waals surface area contributed by atoms with Crippen molar-refractivity contribution >= 4 is 16.0 Å². The molecule has 0 amide bonds. The fraction of sp³-hybridized carbons (Fsp3) is 0.667. The molecule has 1 atom stereocenters. The second kappa shape index (κ2) is 12.1. The van der Waals surface area contributed by atoms with Crippen molar-refractivity contribution in [2.45, 2.75) is 83.1 Å². The van der Waals surface area contributed by atoms with Crippen LogP contribution in [0, 0.1) is 6.92 Å². The molecule has 1 aliphatic rings. The van der Waals surface area contributed by atoms with Crippen LogP contribution in [0.5, 0.6) is 0 Å². The van der Waals surface area contributed by atoms with Crippen molar-refractivity contribution in [2.24, 2.45) is 0 Å². The minimum absolute atomic E-state index is 0.178. The van der Waals surface area contributed by atoms with E-state index in [2.05, 4.69) is 25.5 Å². The molecule has 154 valence electrons. The average Bonchev–Trinajstić information content (AvgIpc) is 2.98. The second-order valence-corrected chi connectivity index (χ2v) is 8.54. The van der Waals surface area contributed by atoms with Crippen molar-refractivity contribution in [1.29, 1.82) is 0 Å².